The summed E-state index contributed by atoms with van der Waals surface area (Å²) in [4.78, 5) is 36.6. The molecule has 0 bridgehead atoms. The number of carbonyl (C=O) groups is 3. The van der Waals surface area contributed by atoms with E-state index in [1.807, 2.05) is 6.07 Å². The number of benzene rings is 1. The van der Waals surface area contributed by atoms with Crippen LogP contribution in [-0.4, -0.2) is 43.4 Å². The van der Waals surface area contributed by atoms with Gasteiger partial charge in [0.1, 0.15) is 0 Å². The summed E-state index contributed by atoms with van der Waals surface area (Å²) in [5, 5.41) is 7.79. The third-order valence-corrected chi connectivity index (χ3v) is 3.66. The van der Waals surface area contributed by atoms with E-state index in [1.165, 1.54) is 0 Å². The number of carbonyl (C=O) groups excluding carboxylic acids is 3. The fourth-order valence-corrected chi connectivity index (χ4v) is 2.38. The minimum atomic E-state index is -1.47. The summed E-state index contributed by atoms with van der Waals surface area (Å²) in [6.45, 7) is 2.55. The average Bonchev–Trinajstić information content (AvgIpc) is 2.63. The number of Topliss-reactive ketones (excluding diaryl/α,β-unsaturated/α-hetero) is 2. The minimum Gasteiger partial charge on any atom is -0.460 e. The smallest absolute Gasteiger partial charge is 0.377 e. The van der Waals surface area contributed by atoms with E-state index in [9.17, 15) is 14.4 Å². The second-order valence-electron chi connectivity index (χ2n) is 5.33. The Hall–Kier alpha value is -2.41. The first-order chi connectivity index (χ1) is 11.6. The van der Waals surface area contributed by atoms with Gasteiger partial charge in [0.15, 0.2) is 11.8 Å². The normalized spacial score (nSPS) is 16.7. The van der Waals surface area contributed by atoms with Gasteiger partial charge in [-0.15, -0.1) is 0 Å². The molecule has 1 aliphatic rings. The van der Waals surface area contributed by atoms with Crippen LogP contribution in [0.1, 0.15) is 19.8 Å². The second-order valence-corrected chi connectivity index (χ2v) is 5.33. The van der Waals surface area contributed by atoms with Crippen LogP contribution in [0.4, 0.5) is 5.69 Å². The minimum absolute atomic E-state index is 0.0541. The zero-order valence-electron chi connectivity index (χ0n) is 13.5. The van der Waals surface area contributed by atoms with Crippen molar-refractivity contribution in [2.45, 2.75) is 25.8 Å². The molecule has 1 atom stereocenters. The van der Waals surface area contributed by atoms with Crippen LogP contribution < -0.4 is 0 Å². The maximum atomic E-state index is 12.6. The lowest BCUT2D eigenvalue weighted by Gasteiger charge is -2.22. The largest absolute Gasteiger partial charge is 0.460 e. The molecule has 0 amide bonds. The first-order valence-electron chi connectivity index (χ1n) is 7.91. The molecule has 0 N–H and O–H groups in total. The third kappa shape index (κ3) is 4.79. The molecular formula is C17H20N2O5. The highest BCUT2D eigenvalue weighted by atomic mass is 16.5. The van der Waals surface area contributed by atoms with Crippen molar-refractivity contribution >= 4 is 23.2 Å². The van der Waals surface area contributed by atoms with Crippen molar-refractivity contribution in [3.63, 3.8) is 0 Å². The van der Waals surface area contributed by atoms with Gasteiger partial charge in [0, 0.05) is 19.1 Å². The first-order valence-corrected chi connectivity index (χ1v) is 7.91. The monoisotopic (exact) mass is 332 g/mol. The molecule has 1 aromatic carbocycles. The van der Waals surface area contributed by atoms with Crippen molar-refractivity contribution in [2.75, 3.05) is 19.8 Å². The third-order valence-electron chi connectivity index (χ3n) is 3.66. The molecule has 0 saturated carbocycles. The van der Waals surface area contributed by atoms with Crippen molar-refractivity contribution in [1.82, 2.24) is 0 Å². The predicted molar refractivity (Wildman–Crippen MR) is 84.9 cm³/mol. The standard InChI is InChI=1S/C17H20N2O5/c1-2-24-17(22)16(21)14(15(20)12-8-10-23-11-9-12)19-18-13-6-4-3-5-7-13/h3-7,12,14H,2,8-11H2,1H3/b19-18+/t14-/m1/s1. The van der Waals surface area contributed by atoms with E-state index in [2.05, 4.69) is 10.2 Å². The fraction of sp³-hybridized carbons (Fsp3) is 0.471. The van der Waals surface area contributed by atoms with Crippen molar-refractivity contribution < 1.29 is 23.9 Å². The summed E-state index contributed by atoms with van der Waals surface area (Å²) in [7, 11) is 0. The Balaban J connectivity index is 2.19. The van der Waals surface area contributed by atoms with Crippen LogP contribution in [0, 0.1) is 5.92 Å². The van der Waals surface area contributed by atoms with Gasteiger partial charge in [-0.3, -0.25) is 9.59 Å². The molecule has 1 aliphatic heterocycles. The highest BCUT2D eigenvalue weighted by Gasteiger charge is 2.37. The van der Waals surface area contributed by atoms with Crippen molar-refractivity contribution in [3.8, 4) is 0 Å². The molecule has 1 fully saturated rings. The summed E-state index contributed by atoms with van der Waals surface area (Å²) in [6.07, 6.45) is 1.01. The Labute approximate surface area is 140 Å². The van der Waals surface area contributed by atoms with Gasteiger partial charge < -0.3 is 9.47 Å². The number of esters is 1. The Morgan fingerprint density at radius 2 is 1.88 bits per heavy atom. The van der Waals surface area contributed by atoms with Gasteiger partial charge >= 0.3 is 5.97 Å². The summed E-state index contributed by atoms with van der Waals surface area (Å²) < 4.78 is 9.93. The number of azo groups is 1. The molecule has 7 nitrogen and oxygen atoms in total. The Kier molecular flexibility index (Phi) is 6.74. The first kappa shape index (κ1) is 17.9. The van der Waals surface area contributed by atoms with Crippen LogP contribution in [0.2, 0.25) is 0 Å². The highest BCUT2D eigenvalue weighted by molar-refractivity contribution is 6.40. The lowest BCUT2D eigenvalue weighted by atomic mass is 9.90. The zero-order valence-corrected chi connectivity index (χ0v) is 13.5. The van der Waals surface area contributed by atoms with Crippen molar-refractivity contribution in [1.29, 1.82) is 0 Å². The van der Waals surface area contributed by atoms with E-state index < -0.39 is 23.6 Å². The maximum absolute atomic E-state index is 12.6. The Morgan fingerprint density at radius 1 is 1.21 bits per heavy atom. The van der Waals surface area contributed by atoms with Crippen LogP contribution >= 0.6 is 0 Å². The lowest BCUT2D eigenvalue weighted by molar-refractivity contribution is -0.155. The molecule has 1 saturated heterocycles. The van der Waals surface area contributed by atoms with Crippen LogP contribution in [0.15, 0.2) is 40.6 Å². The zero-order chi connectivity index (χ0) is 17.4. The quantitative estimate of drug-likeness (QED) is 0.330. The molecule has 1 aromatic rings. The van der Waals surface area contributed by atoms with E-state index in [1.54, 1.807) is 31.2 Å². The van der Waals surface area contributed by atoms with Crippen molar-refractivity contribution in [3.05, 3.63) is 30.3 Å². The molecule has 24 heavy (non-hydrogen) atoms. The van der Waals surface area contributed by atoms with Gasteiger partial charge in [-0.05, 0) is 31.9 Å². The van der Waals surface area contributed by atoms with Gasteiger partial charge in [-0.25, -0.2) is 4.79 Å². The summed E-state index contributed by atoms with van der Waals surface area (Å²) >= 11 is 0. The topological polar surface area (TPSA) is 94.4 Å². The van der Waals surface area contributed by atoms with E-state index in [0.29, 0.717) is 31.7 Å². The second kappa shape index (κ2) is 9.02. The molecule has 0 spiro atoms. The molecule has 0 unspecified atom stereocenters. The van der Waals surface area contributed by atoms with E-state index in [-0.39, 0.29) is 12.5 Å². The SMILES string of the molecule is CCOC(=O)C(=O)[C@H](/N=N/c1ccccc1)C(=O)C1CCOCC1. The molecule has 0 radical (unpaired) electrons. The number of hydrogen-bond donors (Lipinski definition) is 0. The number of hydrogen-bond acceptors (Lipinski definition) is 7. The van der Waals surface area contributed by atoms with Gasteiger partial charge in [0.2, 0.25) is 0 Å². The van der Waals surface area contributed by atoms with Gasteiger partial charge in [-0.1, -0.05) is 18.2 Å². The number of nitrogens with zero attached hydrogens (tertiary/aromatic N) is 2. The van der Waals surface area contributed by atoms with Gasteiger partial charge in [0.25, 0.3) is 5.78 Å². The molecular weight excluding hydrogens is 312 g/mol. The van der Waals surface area contributed by atoms with Crippen LogP contribution in [0.25, 0.3) is 0 Å². The van der Waals surface area contributed by atoms with Crippen LogP contribution in [0.5, 0.6) is 0 Å². The van der Waals surface area contributed by atoms with E-state index in [4.69, 9.17) is 9.47 Å². The van der Waals surface area contributed by atoms with E-state index in [0.717, 1.165) is 0 Å². The van der Waals surface area contributed by atoms with Gasteiger partial charge in [0.05, 0.1) is 12.3 Å². The number of ether oxygens (including phenoxy) is 2. The van der Waals surface area contributed by atoms with Gasteiger partial charge in [-0.2, -0.15) is 10.2 Å². The maximum Gasteiger partial charge on any atom is 0.377 e. The van der Waals surface area contributed by atoms with Crippen LogP contribution in [0.3, 0.4) is 0 Å². The Bertz CT molecular complexity index is 609. The summed E-state index contributed by atoms with van der Waals surface area (Å²) in [5.41, 5.74) is 0.499. The Morgan fingerprint density at radius 3 is 2.50 bits per heavy atom. The van der Waals surface area contributed by atoms with Crippen molar-refractivity contribution in [2.24, 2.45) is 16.1 Å². The molecule has 128 valence electrons. The van der Waals surface area contributed by atoms with E-state index >= 15 is 0 Å². The number of rotatable bonds is 7. The summed E-state index contributed by atoms with van der Waals surface area (Å²) in [5.74, 6) is -2.81. The lowest BCUT2D eigenvalue weighted by Crippen LogP contribution is -2.40. The molecule has 1 heterocycles. The highest BCUT2D eigenvalue weighted by Crippen LogP contribution is 2.20. The molecule has 0 aliphatic carbocycles. The average molecular weight is 332 g/mol. The molecule has 7 heteroatoms. The summed E-state index contributed by atoms with van der Waals surface area (Å²) in [6, 6.07) is 7.25. The van der Waals surface area contributed by atoms with Crippen LogP contribution in [-0.2, 0) is 23.9 Å². The molecule has 0 aromatic heterocycles. The molecule has 2 rings (SSSR count). The fourth-order valence-electron chi connectivity index (χ4n) is 2.38. The predicted octanol–water partition coefficient (Wildman–Crippen LogP) is 2.27. The number of ketones is 2.